The topological polar surface area (TPSA) is 114 Å². The molecule has 0 aliphatic rings. The summed E-state index contributed by atoms with van der Waals surface area (Å²) in [6.45, 7) is 0.253. The molecule has 1 atom stereocenters. The van der Waals surface area contributed by atoms with Gasteiger partial charge in [-0.2, -0.15) is 13.2 Å². The number of alkyl halides is 3. The summed E-state index contributed by atoms with van der Waals surface area (Å²) in [5.74, 6) is -1.30. The Morgan fingerprint density at radius 1 is 1.03 bits per heavy atom. The van der Waals surface area contributed by atoms with Crippen molar-refractivity contribution in [3.05, 3.63) is 40.4 Å². The summed E-state index contributed by atoms with van der Waals surface area (Å²) in [5, 5.41) is 10.1. The summed E-state index contributed by atoms with van der Waals surface area (Å²) in [5.41, 5.74) is -4.12. The highest BCUT2D eigenvalue weighted by Crippen LogP contribution is 2.38. The molecule has 0 radical (unpaired) electrons. The van der Waals surface area contributed by atoms with Crippen molar-refractivity contribution in [2.45, 2.75) is 23.6 Å². The highest BCUT2D eigenvalue weighted by molar-refractivity contribution is 7.92. The van der Waals surface area contributed by atoms with Gasteiger partial charge in [0.2, 0.25) is 5.60 Å². The minimum Gasteiger partial charge on any atom is -0.497 e. The third-order valence-corrected chi connectivity index (χ3v) is 6.63. The summed E-state index contributed by atoms with van der Waals surface area (Å²) < 4.78 is 76.5. The molecule has 3 N–H and O–H groups in total. The van der Waals surface area contributed by atoms with E-state index in [1.165, 1.54) is 32.4 Å². The van der Waals surface area contributed by atoms with Gasteiger partial charge in [-0.1, -0.05) is 23.2 Å². The number of carbonyl (C=O) groups excluding carboxylic acids is 1. The summed E-state index contributed by atoms with van der Waals surface area (Å²) >= 11 is 12.0. The van der Waals surface area contributed by atoms with Crippen LogP contribution in [-0.2, 0) is 14.8 Å². The molecule has 0 aliphatic heterocycles. The Kier molecular flexibility index (Phi) is 7.45. The Labute approximate surface area is 191 Å². The largest absolute Gasteiger partial charge is 0.497 e. The number of hydrogen-bond donors (Lipinski definition) is 3. The van der Waals surface area contributed by atoms with E-state index in [9.17, 15) is 31.5 Å². The van der Waals surface area contributed by atoms with Crippen LogP contribution >= 0.6 is 23.2 Å². The van der Waals surface area contributed by atoms with Crippen LogP contribution in [-0.4, -0.2) is 45.4 Å². The van der Waals surface area contributed by atoms with E-state index in [2.05, 4.69) is 4.72 Å². The Morgan fingerprint density at radius 3 is 2.16 bits per heavy atom. The van der Waals surface area contributed by atoms with Crippen LogP contribution in [0.4, 0.5) is 24.5 Å². The second-order valence-electron chi connectivity index (χ2n) is 6.44. The second-order valence-corrected chi connectivity index (χ2v) is 8.84. The highest BCUT2D eigenvalue weighted by Gasteiger charge is 2.55. The van der Waals surface area contributed by atoms with Crippen LogP contribution in [0.5, 0.6) is 11.5 Å². The first-order valence-corrected chi connectivity index (χ1v) is 10.7. The van der Waals surface area contributed by atoms with Crippen LogP contribution in [0.2, 0.25) is 10.0 Å². The van der Waals surface area contributed by atoms with Crippen molar-refractivity contribution in [2.24, 2.45) is 0 Å². The first-order chi connectivity index (χ1) is 14.7. The van der Waals surface area contributed by atoms with E-state index in [4.69, 9.17) is 32.7 Å². The summed E-state index contributed by atoms with van der Waals surface area (Å²) in [4.78, 5) is 11.3. The van der Waals surface area contributed by atoms with E-state index in [1.807, 2.05) is 0 Å². The molecule has 2 rings (SSSR count). The smallest absolute Gasteiger partial charge is 0.426 e. The zero-order valence-electron chi connectivity index (χ0n) is 16.7. The second kappa shape index (κ2) is 9.22. The quantitative estimate of drug-likeness (QED) is 0.511. The minimum atomic E-state index is -5.27. The molecule has 14 heteroatoms. The molecule has 176 valence electrons. The predicted octanol–water partition coefficient (Wildman–Crippen LogP) is 4.06. The lowest BCUT2D eigenvalue weighted by molar-refractivity contribution is -0.242. The van der Waals surface area contributed by atoms with Gasteiger partial charge in [0.05, 0.1) is 35.6 Å². The van der Waals surface area contributed by atoms with Gasteiger partial charge >= 0.3 is 6.18 Å². The predicted molar refractivity (Wildman–Crippen MR) is 112 cm³/mol. The first kappa shape index (κ1) is 25.8. The maximum Gasteiger partial charge on any atom is 0.426 e. The van der Waals surface area contributed by atoms with Crippen molar-refractivity contribution in [3.8, 4) is 11.5 Å². The molecule has 0 saturated carbocycles. The fraction of sp³-hybridized carbons (Fsp3) is 0.278. The van der Waals surface area contributed by atoms with Crippen molar-refractivity contribution >= 4 is 50.5 Å². The number of rotatable bonds is 7. The number of ether oxygens (including phenoxy) is 2. The van der Waals surface area contributed by atoms with E-state index in [0.717, 1.165) is 12.1 Å². The van der Waals surface area contributed by atoms with Crippen molar-refractivity contribution in [1.29, 1.82) is 0 Å². The monoisotopic (exact) mass is 516 g/mol. The number of carbonyl (C=O) groups is 1. The lowest BCUT2D eigenvalue weighted by Gasteiger charge is -2.25. The number of anilines is 2. The van der Waals surface area contributed by atoms with E-state index in [0.29, 0.717) is 5.75 Å². The normalized spacial score (nSPS) is 13.8. The van der Waals surface area contributed by atoms with Crippen molar-refractivity contribution in [2.75, 3.05) is 24.3 Å². The highest BCUT2D eigenvalue weighted by atomic mass is 35.5. The zero-order valence-corrected chi connectivity index (χ0v) is 19.0. The van der Waals surface area contributed by atoms with Crippen LogP contribution in [0.1, 0.15) is 6.92 Å². The molecule has 2 aromatic rings. The number of sulfonamides is 1. The number of aliphatic hydroxyl groups is 1. The number of hydrogen-bond acceptors (Lipinski definition) is 6. The Hall–Kier alpha value is -2.41. The SMILES string of the molecule is COc1ccc(NS(=O)(=O)c2ccc(NC(=O)C(C)(O)C(F)(F)F)c(Cl)c2Cl)c(OC)c1. The number of benzene rings is 2. The third kappa shape index (κ3) is 5.14. The molecule has 8 nitrogen and oxygen atoms in total. The summed E-state index contributed by atoms with van der Waals surface area (Å²) in [6.07, 6.45) is -5.27. The lowest BCUT2D eigenvalue weighted by atomic mass is 10.1. The lowest BCUT2D eigenvalue weighted by Crippen LogP contribution is -2.52. The molecular formula is C18H17Cl2F3N2O6S. The van der Waals surface area contributed by atoms with Crippen molar-refractivity contribution in [3.63, 3.8) is 0 Å². The molecule has 0 aliphatic carbocycles. The Morgan fingerprint density at radius 2 is 1.62 bits per heavy atom. The molecule has 32 heavy (non-hydrogen) atoms. The fourth-order valence-corrected chi connectivity index (χ4v) is 4.18. The average molecular weight is 517 g/mol. The molecule has 1 unspecified atom stereocenters. The van der Waals surface area contributed by atoms with Gasteiger partial charge in [-0.15, -0.1) is 0 Å². The molecule has 0 fully saturated rings. The molecule has 0 aromatic heterocycles. The first-order valence-electron chi connectivity index (χ1n) is 8.49. The number of methoxy groups -OCH3 is 2. The van der Waals surface area contributed by atoms with Crippen LogP contribution in [0.15, 0.2) is 35.2 Å². The van der Waals surface area contributed by atoms with Gasteiger partial charge in [-0.3, -0.25) is 9.52 Å². The minimum absolute atomic E-state index is 0.0408. The van der Waals surface area contributed by atoms with Gasteiger partial charge < -0.3 is 19.9 Å². The molecular weight excluding hydrogens is 500 g/mol. The van der Waals surface area contributed by atoms with Crippen LogP contribution in [0.3, 0.4) is 0 Å². The van der Waals surface area contributed by atoms with Gasteiger partial charge in [-0.05, 0) is 31.2 Å². The number of halogens is 5. The van der Waals surface area contributed by atoms with Crippen LogP contribution in [0.25, 0.3) is 0 Å². The Bertz CT molecular complexity index is 1140. The van der Waals surface area contributed by atoms with Gasteiger partial charge in [0.25, 0.3) is 15.9 Å². The standard InChI is InChI=1S/C18H17Cl2F3N2O6S/c1-17(27,18(21,22)23)16(26)24-11-6-7-13(15(20)14(11)19)32(28,29)25-10-5-4-9(30-2)8-12(10)31-3/h4-8,25,27H,1-3H3,(H,24,26). The van der Waals surface area contributed by atoms with Gasteiger partial charge in [0.1, 0.15) is 16.4 Å². The molecule has 1 amide bonds. The molecule has 0 bridgehead atoms. The molecule has 0 heterocycles. The average Bonchev–Trinajstić information content (AvgIpc) is 2.70. The van der Waals surface area contributed by atoms with E-state index >= 15 is 0 Å². The third-order valence-electron chi connectivity index (χ3n) is 4.23. The number of amides is 1. The fourth-order valence-electron chi connectivity index (χ4n) is 2.29. The van der Waals surface area contributed by atoms with Gasteiger partial charge in [0, 0.05) is 6.07 Å². The van der Waals surface area contributed by atoms with E-state index < -0.39 is 48.3 Å². The van der Waals surface area contributed by atoms with E-state index in [1.54, 1.807) is 5.32 Å². The van der Waals surface area contributed by atoms with Crippen LogP contribution < -0.4 is 19.5 Å². The maximum absolute atomic E-state index is 12.8. The Balaban J connectivity index is 2.38. The molecule has 2 aromatic carbocycles. The van der Waals surface area contributed by atoms with Gasteiger partial charge in [-0.25, -0.2) is 8.42 Å². The number of nitrogens with one attached hydrogen (secondary N) is 2. The molecule has 0 spiro atoms. The zero-order chi connectivity index (χ0) is 24.5. The maximum atomic E-state index is 12.8. The van der Waals surface area contributed by atoms with Crippen molar-refractivity contribution < 1.29 is 41.0 Å². The van der Waals surface area contributed by atoms with E-state index in [-0.39, 0.29) is 18.4 Å². The van der Waals surface area contributed by atoms with Gasteiger partial charge in [0.15, 0.2) is 0 Å². The summed E-state index contributed by atoms with van der Waals surface area (Å²) in [7, 11) is -1.62. The van der Waals surface area contributed by atoms with Crippen molar-refractivity contribution in [1.82, 2.24) is 0 Å². The summed E-state index contributed by atoms with van der Waals surface area (Å²) in [6, 6.07) is 6.12. The molecule has 0 saturated heterocycles. The van der Waals surface area contributed by atoms with Crippen LogP contribution in [0, 0.1) is 0 Å².